The van der Waals surface area contributed by atoms with E-state index in [-0.39, 0.29) is 0 Å². The Morgan fingerprint density at radius 3 is 2.86 bits per heavy atom. The van der Waals surface area contributed by atoms with Crippen LogP contribution < -0.4 is 0 Å². The summed E-state index contributed by atoms with van der Waals surface area (Å²) in [5.41, 5.74) is 1.50. The van der Waals surface area contributed by atoms with Crippen LogP contribution in [0.25, 0.3) is 0 Å². The van der Waals surface area contributed by atoms with E-state index in [9.17, 15) is 4.79 Å². The highest BCUT2D eigenvalue weighted by molar-refractivity contribution is 5.93. The van der Waals surface area contributed by atoms with Gasteiger partial charge < -0.3 is 4.74 Å². The first-order valence-electron chi connectivity index (χ1n) is 4.37. The average molecular weight is 189 g/mol. The van der Waals surface area contributed by atoms with Gasteiger partial charge in [0.25, 0.3) is 0 Å². The number of benzene rings is 1. The van der Waals surface area contributed by atoms with Crippen molar-refractivity contribution in [2.75, 3.05) is 6.61 Å². The minimum atomic E-state index is -0.429. The second-order valence-corrected chi connectivity index (χ2v) is 2.83. The van der Waals surface area contributed by atoms with Crippen molar-refractivity contribution in [3.05, 3.63) is 34.9 Å². The number of nitrogens with zero attached hydrogens (tertiary/aromatic N) is 1. The predicted octanol–water partition coefficient (Wildman–Crippen LogP) is 2.04. The Morgan fingerprint density at radius 1 is 1.57 bits per heavy atom. The van der Waals surface area contributed by atoms with E-state index in [1.54, 1.807) is 32.0 Å². The van der Waals surface area contributed by atoms with E-state index in [2.05, 4.69) is 0 Å². The molecule has 0 aliphatic rings. The van der Waals surface area contributed by atoms with Gasteiger partial charge in [-0.1, -0.05) is 12.1 Å². The third kappa shape index (κ3) is 1.91. The summed E-state index contributed by atoms with van der Waals surface area (Å²) in [5.74, 6) is -0.429. The molecule has 0 aliphatic carbocycles. The molecule has 0 atom stereocenters. The third-order valence-corrected chi connectivity index (χ3v) is 1.87. The van der Waals surface area contributed by atoms with Gasteiger partial charge in [-0.15, -0.1) is 0 Å². The molecule has 0 saturated heterocycles. The first kappa shape index (κ1) is 10.3. The zero-order valence-electron chi connectivity index (χ0n) is 8.20. The van der Waals surface area contributed by atoms with Crippen LogP contribution in [0.5, 0.6) is 0 Å². The summed E-state index contributed by atoms with van der Waals surface area (Å²) in [6.45, 7) is 3.84. The molecule has 0 N–H and O–H groups in total. The maximum absolute atomic E-state index is 11.5. The molecular weight excluding hydrogens is 178 g/mol. The van der Waals surface area contributed by atoms with Crippen molar-refractivity contribution >= 4 is 5.97 Å². The largest absolute Gasteiger partial charge is 0.462 e. The van der Waals surface area contributed by atoms with Gasteiger partial charge in [-0.2, -0.15) is 5.26 Å². The molecule has 0 bridgehead atoms. The Labute approximate surface area is 82.9 Å². The van der Waals surface area contributed by atoms with Gasteiger partial charge in [0.2, 0.25) is 0 Å². The molecule has 1 aromatic rings. The van der Waals surface area contributed by atoms with Gasteiger partial charge in [0, 0.05) is 0 Å². The average Bonchev–Trinajstić information content (AvgIpc) is 2.17. The van der Waals surface area contributed by atoms with Crippen LogP contribution in [0.2, 0.25) is 0 Å². The molecule has 3 nitrogen and oxygen atoms in total. The molecule has 1 aromatic carbocycles. The molecule has 0 aromatic heterocycles. The standard InChI is InChI=1S/C11H11NO2/c1-3-14-11(13)10-8(2)5-4-6-9(10)7-12/h4-6H,3H2,1-2H3. The minimum absolute atomic E-state index is 0.317. The maximum Gasteiger partial charge on any atom is 0.339 e. The highest BCUT2D eigenvalue weighted by atomic mass is 16.5. The van der Waals surface area contributed by atoms with E-state index in [0.717, 1.165) is 5.56 Å². The maximum atomic E-state index is 11.5. The lowest BCUT2D eigenvalue weighted by molar-refractivity contribution is 0.0525. The van der Waals surface area contributed by atoms with Crippen molar-refractivity contribution in [1.29, 1.82) is 5.26 Å². The first-order chi connectivity index (χ1) is 6.70. The van der Waals surface area contributed by atoms with E-state index < -0.39 is 5.97 Å². The summed E-state index contributed by atoms with van der Waals surface area (Å²) in [6.07, 6.45) is 0. The van der Waals surface area contributed by atoms with Crippen LogP contribution in [0.1, 0.15) is 28.4 Å². The van der Waals surface area contributed by atoms with Gasteiger partial charge in [0.05, 0.1) is 17.7 Å². The minimum Gasteiger partial charge on any atom is -0.462 e. The molecule has 0 radical (unpaired) electrons. The zero-order chi connectivity index (χ0) is 10.6. The van der Waals surface area contributed by atoms with E-state index in [4.69, 9.17) is 10.00 Å². The first-order valence-corrected chi connectivity index (χ1v) is 4.37. The van der Waals surface area contributed by atoms with Crippen molar-refractivity contribution in [3.8, 4) is 6.07 Å². The Bertz CT molecular complexity index is 391. The van der Waals surface area contributed by atoms with Crippen molar-refractivity contribution in [2.24, 2.45) is 0 Å². The van der Waals surface area contributed by atoms with Crippen LogP contribution in [0.15, 0.2) is 18.2 Å². The lowest BCUT2D eigenvalue weighted by atomic mass is 10.0. The molecule has 1 rings (SSSR count). The van der Waals surface area contributed by atoms with Gasteiger partial charge in [-0.25, -0.2) is 4.79 Å². The normalized spacial score (nSPS) is 9.21. The van der Waals surface area contributed by atoms with E-state index in [1.165, 1.54) is 0 Å². The molecule has 0 fully saturated rings. The molecular formula is C11H11NO2. The fourth-order valence-electron chi connectivity index (χ4n) is 1.24. The highest BCUT2D eigenvalue weighted by Gasteiger charge is 2.14. The molecule has 0 saturated carbocycles. The Balaban J connectivity index is 3.18. The van der Waals surface area contributed by atoms with Crippen molar-refractivity contribution in [2.45, 2.75) is 13.8 Å². The molecule has 0 aliphatic heterocycles. The number of esters is 1. The van der Waals surface area contributed by atoms with Gasteiger partial charge in [-0.05, 0) is 25.5 Å². The fourth-order valence-corrected chi connectivity index (χ4v) is 1.24. The van der Waals surface area contributed by atoms with Crippen molar-refractivity contribution in [3.63, 3.8) is 0 Å². The summed E-state index contributed by atoms with van der Waals surface area (Å²) in [7, 11) is 0. The van der Waals surface area contributed by atoms with Crippen LogP contribution in [0.4, 0.5) is 0 Å². The summed E-state index contributed by atoms with van der Waals surface area (Å²) in [4.78, 5) is 11.5. The van der Waals surface area contributed by atoms with Gasteiger partial charge in [0.1, 0.15) is 6.07 Å². The third-order valence-electron chi connectivity index (χ3n) is 1.87. The summed E-state index contributed by atoms with van der Waals surface area (Å²) >= 11 is 0. The van der Waals surface area contributed by atoms with Crippen LogP contribution in [-0.4, -0.2) is 12.6 Å². The van der Waals surface area contributed by atoms with E-state index >= 15 is 0 Å². The number of carbonyl (C=O) groups is 1. The van der Waals surface area contributed by atoms with Gasteiger partial charge >= 0.3 is 5.97 Å². The van der Waals surface area contributed by atoms with E-state index in [1.807, 2.05) is 6.07 Å². The Hall–Kier alpha value is -1.82. The number of rotatable bonds is 2. The lowest BCUT2D eigenvalue weighted by Crippen LogP contribution is -2.08. The highest BCUT2D eigenvalue weighted by Crippen LogP contribution is 2.14. The van der Waals surface area contributed by atoms with Crippen LogP contribution in [0, 0.1) is 18.3 Å². The summed E-state index contributed by atoms with van der Waals surface area (Å²) in [5, 5.41) is 8.80. The molecule has 0 spiro atoms. The monoisotopic (exact) mass is 189 g/mol. The Morgan fingerprint density at radius 2 is 2.29 bits per heavy atom. The van der Waals surface area contributed by atoms with E-state index in [0.29, 0.717) is 17.7 Å². The molecule has 0 amide bonds. The van der Waals surface area contributed by atoms with Crippen LogP contribution in [-0.2, 0) is 4.74 Å². The summed E-state index contributed by atoms with van der Waals surface area (Å²) in [6, 6.07) is 7.12. The smallest absolute Gasteiger partial charge is 0.339 e. The van der Waals surface area contributed by atoms with Crippen LogP contribution in [0.3, 0.4) is 0 Å². The number of nitriles is 1. The number of carbonyl (C=O) groups excluding carboxylic acids is 1. The lowest BCUT2D eigenvalue weighted by Gasteiger charge is -2.06. The topological polar surface area (TPSA) is 50.1 Å². The van der Waals surface area contributed by atoms with Gasteiger partial charge in [0.15, 0.2) is 0 Å². The molecule has 0 heterocycles. The zero-order valence-corrected chi connectivity index (χ0v) is 8.20. The number of ether oxygens (including phenoxy) is 1. The summed E-state index contributed by atoms with van der Waals surface area (Å²) < 4.78 is 4.86. The number of aryl methyl sites for hydroxylation is 1. The molecule has 14 heavy (non-hydrogen) atoms. The molecule has 72 valence electrons. The van der Waals surface area contributed by atoms with Crippen LogP contribution >= 0.6 is 0 Å². The second-order valence-electron chi connectivity index (χ2n) is 2.83. The SMILES string of the molecule is CCOC(=O)c1c(C)cccc1C#N. The fraction of sp³-hybridized carbons (Fsp3) is 0.273. The van der Waals surface area contributed by atoms with Crippen molar-refractivity contribution < 1.29 is 9.53 Å². The number of hydrogen-bond donors (Lipinski definition) is 0. The molecule has 0 unspecified atom stereocenters. The van der Waals surface area contributed by atoms with Crippen molar-refractivity contribution in [1.82, 2.24) is 0 Å². The second kappa shape index (κ2) is 4.43. The van der Waals surface area contributed by atoms with Gasteiger partial charge in [-0.3, -0.25) is 0 Å². The number of hydrogen-bond acceptors (Lipinski definition) is 3. The quantitative estimate of drug-likeness (QED) is 0.669. The molecule has 3 heteroatoms. The predicted molar refractivity (Wildman–Crippen MR) is 51.9 cm³/mol. The Kier molecular flexibility index (Phi) is 3.24.